The maximum absolute atomic E-state index is 13.1. The van der Waals surface area contributed by atoms with E-state index in [2.05, 4.69) is 0 Å². The van der Waals surface area contributed by atoms with Gasteiger partial charge in [-0.1, -0.05) is 0 Å². The molecule has 0 aromatic heterocycles. The van der Waals surface area contributed by atoms with Crippen LogP contribution in [0.2, 0.25) is 0 Å². The third-order valence-electron chi connectivity index (χ3n) is 3.64. The number of non-ortho nitro benzene ring substituents is 1. The number of hydrogen-bond donors (Lipinski definition) is 1. The van der Waals surface area contributed by atoms with Crippen molar-refractivity contribution in [2.45, 2.75) is 19.3 Å². The third-order valence-corrected chi connectivity index (χ3v) is 3.64. The maximum Gasteiger partial charge on any atom is 0.306 e. The molecule has 1 aromatic carbocycles. The quantitative estimate of drug-likeness (QED) is 0.682. The first-order valence-electron chi connectivity index (χ1n) is 6.44. The summed E-state index contributed by atoms with van der Waals surface area (Å²) in [4.78, 5) is 22.5. The van der Waals surface area contributed by atoms with Gasteiger partial charge in [-0.2, -0.15) is 0 Å². The number of aliphatic carboxylic acids is 1. The molecule has 2 rings (SSSR count). The Labute approximate surface area is 119 Å². The molecule has 0 saturated carbocycles. The monoisotopic (exact) mass is 300 g/mol. The molecule has 6 nitrogen and oxygen atoms in total. The molecule has 0 amide bonds. The Bertz CT molecular complexity index is 557. The SMILES string of the molecule is O=C(O)C1CCN(c2ccc([N+](=O)[O-])cc2C(F)F)CC1. The smallest absolute Gasteiger partial charge is 0.306 e. The Balaban J connectivity index is 2.24. The van der Waals surface area contributed by atoms with Gasteiger partial charge < -0.3 is 10.0 Å². The Hall–Kier alpha value is -2.25. The number of alkyl halides is 2. The molecule has 1 aromatic rings. The zero-order chi connectivity index (χ0) is 15.6. The van der Waals surface area contributed by atoms with Crippen LogP contribution in [0.25, 0.3) is 0 Å². The van der Waals surface area contributed by atoms with Gasteiger partial charge in [0.15, 0.2) is 0 Å². The van der Waals surface area contributed by atoms with E-state index < -0.39 is 28.8 Å². The number of piperidine rings is 1. The lowest BCUT2D eigenvalue weighted by molar-refractivity contribution is -0.385. The molecule has 1 aliphatic heterocycles. The summed E-state index contributed by atoms with van der Waals surface area (Å²) in [6, 6.07) is 3.37. The lowest BCUT2D eigenvalue weighted by Crippen LogP contribution is -2.36. The number of nitro groups is 1. The van der Waals surface area contributed by atoms with E-state index in [0.29, 0.717) is 25.9 Å². The van der Waals surface area contributed by atoms with Gasteiger partial charge in [0.05, 0.1) is 10.8 Å². The summed E-state index contributed by atoms with van der Waals surface area (Å²) in [6.07, 6.45) is -2.08. The summed E-state index contributed by atoms with van der Waals surface area (Å²) in [5.74, 6) is -1.35. The van der Waals surface area contributed by atoms with Crippen molar-refractivity contribution in [3.05, 3.63) is 33.9 Å². The molecule has 0 radical (unpaired) electrons. The van der Waals surface area contributed by atoms with Gasteiger partial charge in [-0.25, -0.2) is 8.78 Å². The molecule has 1 aliphatic rings. The summed E-state index contributed by atoms with van der Waals surface area (Å²) in [5, 5.41) is 19.6. The molecule has 8 heteroatoms. The third kappa shape index (κ3) is 3.26. The summed E-state index contributed by atoms with van der Waals surface area (Å²) >= 11 is 0. The summed E-state index contributed by atoms with van der Waals surface area (Å²) < 4.78 is 26.2. The highest BCUT2D eigenvalue weighted by Crippen LogP contribution is 2.35. The van der Waals surface area contributed by atoms with Crippen LogP contribution in [-0.4, -0.2) is 29.1 Å². The number of carboxylic acids is 1. The number of hydrogen-bond acceptors (Lipinski definition) is 4. The molecule has 0 atom stereocenters. The average Bonchev–Trinajstić information content (AvgIpc) is 2.46. The second kappa shape index (κ2) is 6.02. The van der Waals surface area contributed by atoms with Gasteiger partial charge in [-0.05, 0) is 18.9 Å². The van der Waals surface area contributed by atoms with E-state index in [1.807, 2.05) is 0 Å². The molecule has 1 heterocycles. The Kier molecular flexibility index (Phi) is 4.35. The van der Waals surface area contributed by atoms with Gasteiger partial charge in [0.1, 0.15) is 0 Å². The molecule has 114 valence electrons. The van der Waals surface area contributed by atoms with Gasteiger partial charge in [-0.15, -0.1) is 0 Å². The molecule has 0 spiro atoms. The normalized spacial score (nSPS) is 16.2. The van der Waals surface area contributed by atoms with E-state index in [1.165, 1.54) is 12.1 Å². The van der Waals surface area contributed by atoms with Crippen LogP contribution < -0.4 is 4.90 Å². The van der Waals surface area contributed by atoms with Crippen LogP contribution >= 0.6 is 0 Å². The summed E-state index contributed by atoms with van der Waals surface area (Å²) in [5.41, 5.74) is -0.535. The Morgan fingerprint density at radius 3 is 2.48 bits per heavy atom. The molecule has 1 N–H and O–H groups in total. The maximum atomic E-state index is 13.1. The van der Waals surface area contributed by atoms with Crippen LogP contribution in [0, 0.1) is 16.0 Å². The molecular formula is C13H14F2N2O4. The van der Waals surface area contributed by atoms with Crippen molar-refractivity contribution in [3.63, 3.8) is 0 Å². The second-order valence-corrected chi connectivity index (χ2v) is 4.90. The predicted molar refractivity (Wildman–Crippen MR) is 70.6 cm³/mol. The number of carboxylic acid groups (broad SMARTS) is 1. The lowest BCUT2D eigenvalue weighted by atomic mass is 9.96. The van der Waals surface area contributed by atoms with Crippen LogP contribution in [0.5, 0.6) is 0 Å². The molecule has 0 bridgehead atoms. The van der Waals surface area contributed by atoms with Crippen LogP contribution in [-0.2, 0) is 4.79 Å². The standard InChI is InChI=1S/C13H14F2N2O4/c14-12(15)10-7-9(17(20)21)1-2-11(10)16-5-3-8(4-6-16)13(18)19/h1-2,7-8,12H,3-6H2,(H,18,19). The first kappa shape index (κ1) is 15.1. The fourth-order valence-corrected chi connectivity index (χ4v) is 2.49. The number of nitrogens with zero attached hydrogens (tertiary/aromatic N) is 2. The van der Waals surface area contributed by atoms with Crippen molar-refractivity contribution in [1.82, 2.24) is 0 Å². The van der Waals surface area contributed by atoms with Crippen molar-refractivity contribution in [1.29, 1.82) is 0 Å². The summed E-state index contributed by atoms with van der Waals surface area (Å²) in [6.45, 7) is 0.684. The molecular weight excluding hydrogens is 286 g/mol. The highest BCUT2D eigenvalue weighted by molar-refractivity contribution is 5.70. The van der Waals surface area contributed by atoms with E-state index in [9.17, 15) is 23.7 Å². The van der Waals surface area contributed by atoms with Gasteiger partial charge in [0.25, 0.3) is 12.1 Å². The van der Waals surface area contributed by atoms with Crippen LogP contribution in [0.15, 0.2) is 18.2 Å². The molecule has 0 aliphatic carbocycles. The van der Waals surface area contributed by atoms with E-state index in [1.54, 1.807) is 4.90 Å². The topological polar surface area (TPSA) is 83.7 Å². The highest BCUT2D eigenvalue weighted by Gasteiger charge is 2.28. The first-order chi connectivity index (χ1) is 9.90. The van der Waals surface area contributed by atoms with E-state index >= 15 is 0 Å². The molecule has 0 unspecified atom stereocenters. The minimum Gasteiger partial charge on any atom is -0.481 e. The number of anilines is 1. The van der Waals surface area contributed by atoms with Crippen LogP contribution in [0.1, 0.15) is 24.8 Å². The lowest BCUT2D eigenvalue weighted by Gasteiger charge is -2.33. The molecule has 1 fully saturated rings. The van der Waals surface area contributed by atoms with Crippen molar-refractivity contribution in [2.75, 3.05) is 18.0 Å². The number of nitro benzene ring substituents is 1. The highest BCUT2D eigenvalue weighted by atomic mass is 19.3. The fourth-order valence-electron chi connectivity index (χ4n) is 2.49. The number of carbonyl (C=O) groups is 1. The Morgan fingerprint density at radius 2 is 2.00 bits per heavy atom. The minimum atomic E-state index is -2.82. The van der Waals surface area contributed by atoms with Gasteiger partial charge in [0.2, 0.25) is 0 Å². The first-order valence-corrected chi connectivity index (χ1v) is 6.44. The summed E-state index contributed by atoms with van der Waals surface area (Å²) in [7, 11) is 0. The van der Waals surface area contributed by atoms with E-state index in [4.69, 9.17) is 5.11 Å². The van der Waals surface area contributed by atoms with Gasteiger partial charge in [-0.3, -0.25) is 14.9 Å². The van der Waals surface area contributed by atoms with Crippen molar-refractivity contribution < 1.29 is 23.6 Å². The zero-order valence-corrected chi connectivity index (χ0v) is 11.0. The van der Waals surface area contributed by atoms with E-state index in [-0.39, 0.29) is 11.4 Å². The van der Waals surface area contributed by atoms with Crippen molar-refractivity contribution in [2.24, 2.45) is 5.92 Å². The van der Waals surface area contributed by atoms with E-state index in [0.717, 1.165) is 6.07 Å². The Morgan fingerprint density at radius 1 is 1.38 bits per heavy atom. The number of rotatable bonds is 4. The largest absolute Gasteiger partial charge is 0.481 e. The zero-order valence-electron chi connectivity index (χ0n) is 11.0. The van der Waals surface area contributed by atoms with Gasteiger partial charge >= 0.3 is 5.97 Å². The van der Waals surface area contributed by atoms with Crippen LogP contribution in [0.4, 0.5) is 20.2 Å². The average molecular weight is 300 g/mol. The van der Waals surface area contributed by atoms with Gasteiger partial charge in [0, 0.05) is 36.5 Å². The second-order valence-electron chi connectivity index (χ2n) is 4.90. The minimum absolute atomic E-state index is 0.236. The predicted octanol–water partition coefficient (Wildman–Crippen LogP) is 2.83. The molecule has 21 heavy (non-hydrogen) atoms. The van der Waals surface area contributed by atoms with Crippen molar-refractivity contribution >= 4 is 17.3 Å². The van der Waals surface area contributed by atoms with Crippen LogP contribution in [0.3, 0.4) is 0 Å². The fraction of sp³-hybridized carbons (Fsp3) is 0.462. The number of benzene rings is 1. The molecule has 1 saturated heterocycles. The number of halogens is 2. The van der Waals surface area contributed by atoms with Crippen molar-refractivity contribution in [3.8, 4) is 0 Å².